The summed E-state index contributed by atoms with van der Waals surface area (Å²) >= 11 is 0. The van der Waals surface area contributed by atoms with Gasteiger partial charge < -0.3 is 24.4 Å². The van der Waals surface area contributed by atoms with Crippen molar-refractivity contribution in [2.24, 2.45) is 0 Å². The molecular weight excluding hydrogens is 394 g/mol. The molecule has 0 aliphatic carbocycles. The van der Waals surface area contributed by atoms with Crippen LogP contribution in [0.15, 0.2) is 30.3 Å². The molecule has 1 amide bonds. The van der Waals surface area contributed by atoms with Crippen molar-refractivity contribution in [1.82, 2.24) is 10.2 Å². The van der Waals surface area contributed by atoms with Gasteiger partial charge in [0.1, 0.15) is 5.75 Å². The number of ether oxygens (including phenoxy) is 3. The Morgan fingerprint density at radius 2 is 1.58 bits per heavy atom. The molecule has 0 atom stereocenters. The zero-order valence-electron chi connectivity index (χ0n) is 19.2. The van der Waals surface area contributed by atoms with Gasteiger partial charge in [-0.1, -0.05) is 12.1 Å². The van der Waals surface area contributed by atoms with E-state index in [0.717, 1.165) is 31.7 Å². The van der Waals surface area contributed by atoms with E-state index < -0.39 is 0 Å². The molecule has 7 heteroatoms. The first-order chi connectivity index (χ1) is 15.0. The third kappa shape index (κ3) is 5.41. The van der Waals surface area contributed by atoms with Gasteiger partial charge in [-0.2, -0.15) is 0 Å². The Labute approximate surface area is 184 Å². The number of methoxy groups -OCH3 is 3. The van der Waals surface area contributed by atoms with Gasteiger partial charge in [0, 0.05) is 50.0 Å². The van der Waals surface area contributed by atoms with Gasteiger partial charge in [-0.15, -0.1) is 0 Å². The minimum absolute atomic E-state index is 0.00276. The van der Waals surface area contributed by atoms with Crippen molar-refractivity contribution >= 4 is 11.6 Å². The Kier molecular flexibility index (Phi) is 7.63. The lowest BCUT2D eigenvalue weighted by molar-refractivity contribution is -0.122. The predicted octanol–water partition coefficient (Wildman–Crippen LogP) is 2.77. The van der Waals surface area contributed by atoms with Crippen molar-refractivity contribution < 1.29 is 19.0 Å². The molecule has 0 radical (unpaired) electrons. The first-order valence-electron chi connectivity index (χ1n) is 10.6. The van der Waals surface area contributed by atoms with E-state index in [1.54, 1.807) is 27.4 Å². The number of nitrogens with one attached hydrogen (secondary N) is 1. The van der Waals surface area contributed by atoms with Crippen LogP contribution < -0.4 is 24.4 Å². The molecule has 2 aromatic carbocycles. The summed E-state index contributed by atoms with van der Waals surface area (Å²) in [6, 6.07) is 10.0. The van der Waals surface area contributed by atoms with Crippen LogP contribution in [0.2, 0.25) is 0 Å². The van der Waals surface area contributed by atoms with Crippen molar-refractivity contribution in [3.63, 3.8) is 0 Å². The van der Waals surface area contributed by atoms with Gasteiger partial charge in [0.15, 0.2) is 11.5 Å². The molecule has 1 aliphatic rings. The van der Waals surface area contributed by atoms with Crippen molar-refractivity contribution in [3.05, 3.63) is 47.0 Å². The number of rotatable bonds is 8. The van der Waals surface area contributed by atoms with Gasteiger partial charge in [0.25, 0.3) is 0 Å². The molecule has 0 unspecified atom stereocenters. The van der Waals surface area contributed by atoms with E-state index in [1.807, 2.05) is 6.07 Å². The smallest absolute Gasteiger partial charge is 0.234 e. The number of piperazine rings is 1. The summed E-state index contributed by atoms with van der Waals surface area (Å²) in [5.74, 6) is 1.85. The molecule has 168 valence electrons. The quantitative estimate of drug-likeness (QED) is 0.699. The summed E-state index contributed by atoms with van der Waals surface area (Å²) in [7, 11) is 4.77. The van der Waals surface area contributed by atoms with E-state index in [-0.39, 0.29) is 5.91 Å². The molecule has 0 saturated carbocycles. The molecule has 1 saturated heterocycles. The maximum atomic E-state index is 12.5. The Balaban J connectivity index is 1.53. The first kappa shape index (κ1) is 22.7. The lowest BCUT2D eigenvalue weighted by atomic mass is 10.1. The molecule has 1 aliphatic heterocycles. The van der Waals surface area contributed by atoms with Gasteiger partial charge >= 0.3 is 0 Å². The minimum Gasteiger partial charge on any atom is -0.496 e. The molecule has 0 aromatic heterocycles. The fourth-order valence-electron chi connectivity index (χ4n) is 3.91. The van der Waals surface area contributed by atoms with E-state index in [9.17, 15) is 4.79 Å². The Morgan fingerprint density at radius 3 is 2.23 bits per heavy atom. The lowest BCUT2D eigenvalue weighted by Gasteiger charge is -2.36. The fourth-order valence-corrected chi connectivity index (χ4v) is 3.91. The van der Waals surface area contributed by atoms with E-state index in [0.29, 0.717) is 30.3 Å². The standard InChI is InChI=1S/C24H33N3O4/c1-17-7-6-8-20(18(17)2)27-11-9-26(10-12-27)16-24(28)25-15-19-13-22(30-4)23(31-5)14-21(19)29-3/h6-8,13-14H,9-12,15-16H2,1-5H3,(H,25,28). The van der Waals surface area contributed by atoms with Gasteiger partial charge in [-0.25, -0.2) is 0 Å². The van der Waals surface area contributed by atoms with Crippen LogP contribution in [-0.2, 0) is 11.3 Å². The zero-order chi connectivity index (χ0) is 22.4. The summed E-state index contributed by atoms with van der Waals surface area (Å²) in [6.07, 6.45) is 0. The molecule has 1 fully saturated rings. The van der Waals surface area contributed by atoms with Gasteiger partial charge in [-0.3, -0.25) is 9.69 Å². The number of nitrogens with zero attached hydrogens (tertiary/aromatic N) is 2. The Hall–Kier alpha value is -2.93. The molecule has 0 spiro atoms. The second kappa shape index (κ2) is 10.4. The van der Waals surface area contributed by atoms with Crippen LogP contribution in [0.25, 0.3) is 0 Å². The van der Waals surface area contributed by atoms with Crippen LogP contribution in [0.3, 0.4) is 0 Å². The van der Waals surface area contributed by atoms with Crippen LogP contribution in [-0.4, -0.2) is 64.9 Å². The average Bonchev–Trinajstić information content (AvgIpc) is 2.79. The number of anilines is 1. The van der Waals surface area contributed by atoms with Crippen molar-refractivity contribution in [3.8, 4) is 17.2 Å². The molecule has 2 aromatic rings. The molecule has 3 rings (SSSR count). The molecular formula is C24H33N3O4. The first-order valence-corrected chi connectivity index (χ1v) is 10.6. The van der Waals surface area contributed by atoms with E-state index in [2.05, 4.69) is 47.2 Å². The third-order valence-corrected chi connectivity index (χ3v) is 5.92. The zero-order valence-corrected chi connectivity index (χ0v) is 19.2. The van der Waals surface area contributed by atoms with Gasteiger partial charge in [0.05, 0.1) is 27.9 Å². The fraction of sp³-hybridized carbons (Fsp3) is 0.458. The monoisotopic (exact) mass is 427 g/mol. The van der Waals surface area contributed by atoms with Crippen LogP contribution in [0.4, 0.5) is 5.69 Å². The van der Waals surface area contributed by atoms with Gasteiger partial charge in [-0.05, 0) is 37.1 Å². The van der Waals surface area contributed by atoms with Crippen molar-refractivity contribution in [1.29, 1.82) is 0 Å². The number of hydrogen-bond donors (Lipinski definition) is 1. The summed E-state index contributed by atoms with van der Waals surface area (Å²) in [4.78, 5) is 17.2. The Bertz CT molecular complexity index is 908. The summed E-state index contributed by atoms with van der Waals surface area (Å²) in [5, 5.41) is 3.00. The highest BCUT2D eigenvalue weighted by Crippen LogP contribution is 2.34. The number of amides is 1. The highest BCUT2D eigenvalue weighted by molar-refractivity contribution is 5.78. The van der Waals surface area contributed by atoms with Crippen molar-refractivity contribution in [2.45, 2.75) is 20.4 Å². The summed E-state index contributed by atoms with van der Waals surface area (Å²) in [6.45, 7) is 8.63. The third-order valence-electron chi connectivity index (χ3n) is 5.92. The second-order valence-electron chi connectivity index (χ2n) is 7.78. The highest BCUT2D eigenvalue weighted by atomic mass is 16.5. The predicted molar refractivity (Wildman–Crippen MR) is 123 cm³/mol. The lowest BCUT2D eigenvalue weighted by Crippen LogP contribution is -2.49. The van der Waals surface area contributed by atoms with Crippen LogP contribution in [0.5, 0.6) is 17.2 Å². The number of hydrogen-bond acceptors (Lipinski definition) is 6. The molecule has 0 bridgehead atoms. The van der Waals surface area contributed by atoms with Gasteiger partial charge in [0.2, 0.25) is 5.91 Å². The largest absolute Gasteiger partial charge is 0.496 e. The normalized spacial score (nSPS) is 14.3. The molecule has 31 heavy (non-hydrogen) atoms. The number of aryl methyl sites for hydroxylation is 1. The Morgan fingerprint density at radius 1 is 0.935 bits per heavy atom. The number of benzene rings is 2. The highest BCUT2D eigenvalue weighted by Gasteiger charge is 2.21. The minimum atomic E-state index is -0.00276. The number of carbonyl (C=O) groups excluding carboxylic acids is 1. The molecule has 1 N–H and O–H groups in total. The topological polar surface area (TPSA) is 63.3 Å². The number of carbonyl (C=O) groups is 1. The maximum Gasteiger partial charge on any atom is 0.234 e. The average molecular weight is 428 g/mol. The van der Waals surface area contributed by atoms with E-state index in [4.69, 9.17) is 14.2 Å². The van der Waals surface area contributed by atoms with Crippen LogP contribution in [0, 0.1) is 13.8 Å². The molecule has 7 nitrogen and oxygen atoms in total. The maximum absolute atomic E-state index is 12.5. The summed E-state index contributed by atoms with van der Waals surface area (Å²) < 4.78 is 16.1. The summed E-state index contributed by atoms with van der Waals surface area (Å²) in [5.41, 5.74) is 4.78. The molecule has 1 heterocycles. The van der Waals surface area contributed by atoms with Crippen molar-refractivity contribution in [2.75, 3.05) is 59.0 Å². The second-order valence-corrected chi connectivity index (χ2v) is 7.78. The van der Waals surface area contributed by atoms with Crippen LogP contribution in [0.1, 0.15) is 16.7 Å². The van der Waals surface area contributed by atoms with E-state index in [1.165, 1.54) is 16.8 Å². The van der Waals surface area contributed by atoms with E-state index >= 15 is 0 Å². The SMILES string of the molecule is COc1cc(OC)c(OC)cc1CNC(=O)CN1CCN(c2cccc(C)c2C)CC1. The van der Waals surface area contributed by atoms with Crippen LogP contribution >= 0.6 is 0 Å².